The summed E-state index contributed by atoms with van der Waals surface area (Å²) in [7, 11) is -3.25. The number of carboxylic acid groups (broad SMARTS) is 1. The molecule has 0 saturated heterocycles. The first kappa shape index (κ1) is 14.7. The van der Waals surface area contributed by atoms with Gasteiger partial charge in [0.2, 0.25) is 0 Å². The zero-order valence-electron chi connectivity index (χ0n) is 10.5. The Morgan fingerprint density at radius 2 is 2.20 bits per heavy atom. The van der Waals surface area contributed by atoms with Crippen LogP contribution in [0.2, 0.25) is 0 Å². The quantitative estimate of drug-likeness (QED) is 0.652. The number of carboxylic acids is 1. The lowest BCUT2D eigenvalue weighted by atomic mass is 10.2. The van der Waals surface area contributed by atoms with Crippen molar-refractivity contribution < 1.29 is 29.0 Å². The van der Waals surface area contributed by atoms with E-state index in [1.54, 1.807) is 18.2 Å². The summed E-state index contributed by atoms with van der Waals surface area (Å²) < 4.78 is 17.5. The highest BCUT2D eigenvalue weighted by Crippen LogP contribution is 2.33. The predicted molar refractivity (Wildman–Crippen MR) is 69.0 cm³/mol. The minimum absolute atomic E-state index is 0.0352. The maximum Gasteiger partial charge on any atom is 0.374 e. The van der Waals surface area contributed by atoms with Gasteiger partial charge in [-0.3, -0.25) is 8.97 Å². The van der Waals surface area contributed by atoms with E-state index in [1.807, 2.05) is 0 Å². The van der Waals surface area contributed by atoms with E-state index in [-0.39, 0.29) is 11.9 Å². The summed E-state index contributed by atoms with van der Waals surface area (Å²) in [6.07, 6.45) is -0.0537. The molecule has 108 valence electrons. The van der Waals surface area contributed by atoms with Crippen LogP contribution in [0, 0.1) is 0 Å². The summed E-state index contributed by atoms with van der Waals surface area (Å²) in [6.45, 7) is 0. The molecule has 9 heteroatoms. The van der Waals surface area contributed by atoms with Crippen molar-refractivity contribution in [2.45, 2.75) is 12.5 Å². The third-order valence-electron chi connectivity index (χ3n) is 2.84. The molecule has 2 heterocycles. The summed E-state index contributed by atoms with van der Waals surface area (Å²) in [5.41, 5.74) is 0.456. The van der Waals surface area contributed by atoms with Gasteiger partial charge in [-0.15, -0.1) is 0 Å². The molecule has 0 fully saturated rings. The molecule has 1 atom stereocenters. The fraction of sp³-hybridized carbons (Fsp3) is 0.273. The Hall–Kier alpha value is -1.73. The van der Waals surface area contributed by atoms with Gasteiger partial charge in [-0.05, 0) is 12.1 Å². The zero-order chi connectivity index (χ0) is 14.9. The molecule has 0 aromatic carbocycles. The summed E-state index contributed by atoms with van der Waals surface area (Å²) in [4.78, 5) is 33.5. The lowest BCUT2D eigenvalue weighted by molar-refractivity contribution is -0.148. The average molecular weight is 300 g/mol. The Kier molecular flexibility index (Phi) is 3.92. The Morgan fingerprint density at radius 3 is 2.75 bits per heavy atom. The molecule has 20 heavy (non-hydrogen) atoms. The number of methoxy groups -OCH3 is 1. The highest BCUT2D eigenvalue weighted by molar-refractivity contribution is 7.60. The van der Waals surface area contributed by atoms with Gasteiger partial charge < -0.3 is 19.6 Å². The van der Waals surface area contributed by atoms with Gasteiger partial charge in [0.1, 0.15) is 5.65 Å². The van der Waals surface area contributed by atoms with E-state index in [1.165, 1.54) is 11.5 Å². The Balaban J connectivity index is 2.56. The molecule has 3 N–H and O–H groups in total. The number of carbonyl (C=O) groups is 1. The van der Waals surface area contributed by atoms with Crippen LogP contribution in [0.25, 0.3) is 5.65 Å². The topological polar surface area (TPSA) is 121 Å². The number of aromatic nitrogens is 2. The van der Waals surface area contributed by atoms with Crippen LogP contribution in [0.15, 0.2) is 24.4 Å². The molecule has 0 radical (unpaired) electrons. The second-order valence-corrected chi connectivity index (χ2v) is 5.68. The Bertz CT molecular complexity index is 691. The molecule has 0 spiro atoms. The molecule has 8 nitrogen and oxygen atoms in total. The molecule has 2 rings (SSSR count). The SMILES string of the molecule is COC(Cc1cccc2ncc(P(=O)(O)O)n12)C(=O)O. The van der Waals surface area contributed by atoms with Crippen molar-refractivity contribution in [3.63, 3.8) is 0 Å². The van der Waals surface area contributed by atoms with Crippen molar-refractivity contribution in [1.29, 1.82) is 0 Å². The van der Waals surface area contributed by atoms with Crippen molar-refractivity contribution in [3.05, 3.63) is 30.1 Å². The Morgan fingerprint density at radius 1 is 1.50 bits per heavy atom. The Labute approximate surface area is 113 Å². The van der Waals surface area contributed by atoms with E-state index < -0.39 is 19.7 Å². The number of nitrogens with zero attached hydrogens (tertiary/aromatic N) is 2. The van der Waals surface area contributed by atoms with Crippen LogP contribution in [-0.2, 0) is 20.5 Å². The number of fused-ring (bicyclic) bond motifs is 1. The number of imidazole rings is 1. The molecule has 1 unspecified atom stereocenters. The highest BCUT2D eigenvalue weighted by Gasteiger charge is 2.25. The molecular formula is C11H13N2O6P. The highest BCUT2D eigenvalue weighted by atomic mass is 31.2. The fourth-order valence-electron chi connectivity index (χ4n) is 1.91. The first-order valence-corrected chi connectivity index (χ1v) is 7.23. The number of hydrogen-bond donors (Lipinski definition) is 3. The second-order valence-electron chi connectivity index (χ2n) is 4.14. The van der Waals surface area contributed by atoms with E-state index >= 15 is 0 Å². The normalized spacial score (nSPS) is 13.6. The van der Waals surface area contributed by atoms with Crippen LogP contribution in [0.5, 0.6) is 0 Å². The van der Waals surface area contributed by atoms with Crippen molar-refractivity contribution >= 4 is 24.6 Å². The maximum absolute atomic E-state index is 11.4. The van der Waals surface area contributed by atoms with Crippen LogP contribution in [0.3, 0.4) is 0 Å². The van der Waals surface area contributed by atoms with Crippen molar-refractivity contribution in [1.82, 2.24) is 9.38 Å². The van der Waals surface area contributed by atoms with Gasteiger partial charge >= 0.3 is 13.6 Å². The van der Waals surface area contributed by atoms with Gasteiger partial charge in [0.25, 0.3) is 0 Å². The average Bonchev–Trinajstić information content (AvgIpc) is 2.79. The predicted octanol–water partition coefficient (Wildman–Crippen LogP) is -0.221. The van der Waals surface area contributed by atoms with E-state index in [4.69, 9.17) is 9.84 Å². The zero-order valence-corrected chi connectivity index (χ0v) is 11.4. The van der Waals surface area contributed by atoms with E-state index in [0.717, 1.165) is 6.20 Å². The van der Waals surface area contributed by atoms with Crippen LogP contribution >= 0.6 is 7.60 Å². The molecule has 2 aromatic rings. The maximum atomic E-state index is 11.4. The monoisotopic (exact) mass is 300 g/mol. The number of rotatable bonds is 5. The summed E-state index contributed by atoms with van der Waals surface area (Å²) in [5, 5.41) is 8.98. The first-order valence-electron chi connectivity index (χ1n) is 5.61. The lowest BCUT2D eigenvalue weighted by Gasteiger charge is -2.13. The fourth-order valence-corrected chi connectivity index (χ4v) is 2.61. The molecule has 0 aliphatic carbocycles. The van der Waals surface area contributed by atoms with Crippen molar-refractivity contribution in [2.24, 2.45) is 0 Å². The molecule has 0 aliphatic rings. The van der Waals surface area contributed by atoms with Gasteiger partial charge in [-0.2, -0.15) is 0 Å². The number of hydrogen-bond acceptors (Lipinski definition) is 4. The van der Waals surface area contributed by atoms with Gasteiger partial charge in [-0.25, -0.2) is 9.78 Å². The minimum Gasteiger partial charge on any atom is -0.479 e. The lowest BCUT2D eigenvalue weighted by Crippen LogP contribution is -2.27. The molecule has 0 aliphatic heterocycles. The summed E-state index contributed by atoms with van der Waals surface area (Å²) in [6, 6.07) is 4.78. The van der Waals surface area contributed by atoms with E-state index in [0.29, 0.717) is 11.3 Å². The van der Waals surface area contributed by atoms with E-state index in [9.17, 15) is 19.1 Å². The number of ether oxygens (including phenoxy) is 1. The van der Waals surface area contributed by atoms with Gasteiger partial charge in [0, 0.05) is 19.2 Å². The van der Waals surface area contributed by atoms with Crippen LogP contribution in [0.4, 0.5) is 0 Å². The minimum atomic E-state index is -4.51. The van der Waals surface area contributed by atoms with Crippen LogP contribution < -0.4 is 5.44 Å². The van der Waals surface area contributed by atoms with E-state index in [2.05, 4.69) is 4.98 Å². The van der Waals surface area contributed by atoms with Crippen molar-refractivity contribution in [3.8, 4) is 0 Å². The molecule has 2 aromatic heterocycles. The smallest absolute Gasteiger partial charge is 0.374 e. The van der Waals surface area contributed by atoms with Crippen LogP contribution in [-0.4, -0.2) is 43.5 Å². The van der Waals surface area contributed by atoms with Gasteiger partial charge in [-0.1, -0.05) is 6.07 Å². The molecule has 0 saturated carbocycles. The molecule has 0 bridgehead atoms. The number of pyridine rings is 1. The second kappa shape index (κ2) is 5.34. The molecule has 0 amide bonds. The first-order chi connectivity index (χ1) is 9.34. The number of aliphatic carboxylic acids is 1. The summed E-state index contributed by atoms with van der Waals surface area (Å²) in [5.74, 6) is -1.15. The van der Waals surface area contributed by atoms with Gasteiger partial charge in [0.15, 0.2) is 11.5 Å². The standard InChI is InChI=1S/C11H13N2O6P/c1-19-8(11(14)15)5-7-3-2-4-9-12-6-10(13(7)9)20(16,17)18/h2-4,6,8H,5H2,1H3,(H,14,15)(H2,16,17,18). The van der Waals surface area contributed by atoms with Gasteiger partial charge in [0.05, 0.1) is 6.20 Å². The largest absolute Gasteiger partial charge is 0.479 e. The third-order valence-corrected chi connectivity index (χ3v) is 3.76. The van der Waals surface area contributed by atoms with Crippen molar-refractivity contribution in [2.75, 3.05) is 7.11 Å². The van der Waals surface area contributed by atoms with Crippen LogP contribution in [0.1, 0.15) is 5.69 Å². The molecular weight excluding hydrogens is 287 g/mol. The summed E-state index contributed by atoms with van der Waals surface area (Å²) >= 11 is 0. The third kappa shape index (κ3) is 2.73.